The first-order valence-electron chi connectivity index (χ1n) is 4.69. The zero-order valence-electron chi connectivity index (χ0n) is 7.88. The van der Waals surface area contributed by atoms with Crippen molar-refractivity contribution in [2.45, 2.75) is 26.4 Å². The molecule has 0 bridgehead atoms. The molecule has 13 heavy (non-hydrogen) atoms. The number of aromatic nitrogens is 2. The summed E-state index contributed by atoms with van der Waals surface area (Å²) >= 11 is 0. The van der Waals surface area contributed by atoms with Crippen molar-refractivity contribution in [2.75, 3.05) is 13.2 Å². The highest BCUT2D eigenvalue weighted by molar-refractivity contribution is 5.27. The molecule has 0 saturated heterocycles. The Hall–Kier alpha value is -0.870. The molecule has 4 heteroatoms. The van der Waals surface area contributed by atoms with Crippen LogP contribution in [0.1, 0.15) is 17.0 Å². The van der Waals surface area contributed by atoms with Crippen molar-refractivity contribution in [2.24, 2.45) is 0 Å². The van der Waals surface area contributed by atoms with Gasteiger partial charge in [0.15, 0.2) is 0 Å². The van der Waals surface area contributed by atoms with E-state index in [-0.39, 0.29) is 6.61 Å². The third-order valence-electron chi connectivity index (χ3n) is 2.52. The summed E-state index contributed by atoms with van der Waals surface area (Å²) in [6.45, 7) is 4.76. The first-order chi connectivity index (χ1) is 6.33. The quantitative estimate of drug-likeness (QED) is 0.666. The van der Waals surface area contributed by atoms with E-state index in [9.17, 15) is 0 Å². The SMILES string of the molecule is Cc1nn(CCO)c2c1CNCC2. The van der Waals surface area contributed by atoms with Crippen LogP contribution in [0.3, 0.4) is 0 Å². The van der Waals surface area contributed by atoms with Crippen molar-refractivity contribution in [1.29, 1.82) is 0 Å². The molecule has 0 fully saturated rings. The average molecular weight is 181 g/mol. The number of hydrogen-bond acceptors (Lipinski definition) is 3. The molecule has 1 aromatic rings. The van der Waals surface area contributed by atoms with Crippen LogP contribution in [0.4, 0.5) is 0 Å². The van der Waals surface area contributed by atoms with Crippen LogP contribution in [0.2, 0.25) is 0 Å². The summed E-state index contributed by atoms with van der Waals surface area (Å²) in [7, 11) is 0. The van der Waals surface area contributed by atoms with Gasteiger partial charge in [-0.2, -0.15) is 5.10 Å². The Kier molecular flexibility index (Phi) is 2.33. The smallest absolute Gasteiger partial charge is 0.0644 e. The highest BCUT2D eigenvalue weighted by atomic mass is 16.3. The first-order valence-corrected chi connectivity index (χ1v) is 4.69. The molecule has 2 rings (SSSR count). The predicted molar refractivity (Wildman–Crippen MR) is 49.5 cm³/mol. The Bertz CT molecular complexity index is 306. The Balaban J connectivity index is 2.36. The standard InChI is InChI=1S/C9H15N3O/c1-7-8-6-10-3-2-9(8)12(11-7)4-5-13/h10,13H,2-6H2,1H3. The van der Waals surface area contributed by atoms with E-state index in [0.29, 0.717) is 6.54 Å². The van der Waals surface area contributed by atoms with Crippen molar-refractivity contribution in [1.82, 2.24) is 15.1 Å². The fourth-order valence-corrected chi connectivity index (χ4v) is 1.88. The van der Waals surface area contributed by atoms with Gasteiger partial charge >= 0.3 is 0 Å². The van der Waals surface area contributed by atoms with Gasteiger partial charge in [0.1, 0.15) is 0 Å². The number of nitrogens with one attached hydrogen (secondary N) is 1. The number of aliphatic hydroxyl groups is 1. The Morgan fingerprint density at radius 3 is 3.23 bits per heavy atom. The van der Waals surface area contributed by atoms with Crippen LogP contribution >= 0.6 is 0 Å². The van der Waals surface area contributed by atoms with E-state index in [1.54, 1.807) is 0 Å². The topological polar surface area (TPSA) is 50.1 Å². The van der Waals surface area contributed by atoms with Gasteiger partial charge in [-0.1, -0.05) is 0 Å². The van der Waals surface area contributed by atoms with Gasteiger partial charge in [-0.25, -0.2) is 0 Å². The second-order valence-electron chi connectivity index (χ2n) is 3.38. The van der Waals surface area contributed by atoms with Crippen molar-refractivity contribution in [3.05, 3.63) is 17.0 Å². The van der Waals surface area contributed by atoms with E-state index in [4.69, 9.17) is 5.11 Å². The lowest BCUT2D eigenvalue weighted by molar-refractivity contribution is 0.266. The Labute approximate surface area is 77.6 Å². The number of aliphatic hydroxyl groups excluding tert-OH is 1. The maximum Gasteiger partial charge on any atom is 0.0644 e. The Morgan fingerprint density at radius 1 is 1.62 bits per heavy atom. The summed E-state index contributed by atoms with van der Waals surface area (Å²) in [6.07, 6.45) is 1.02. The summed E-state index contributed by atoms with van der Waals surface area (Å²) < 4.78 is 1.94. The molecule has 2 heterocycles. The van der Waals surface area contributed by atoms with Crippen LogP contribution in [0.15, 0.2) is 0 Å². The molecule has 0 aromatic carbocycles. The monoisotopic (exact) mass is 181 g/mol. The molecule has 0 aliphatic carbocycles. The number of aryl methyl sites for hydroxylation is 1. The third kappa shape index (κ3) is 1.47. The molecule has 0 spiro atoms. The fraction of sp³-hybridized carbons (Fsp3) is 0.667. The van der Waals surface area contributed by atoms with Gasteiger partial charge in [-0.3, -0.25) is 4.68 Å². The van der Waals surface area contributed by atoms with Crippen molar-refractivity contribution >= 4 is 0 Å². The van der Waals surface area contributed by atoms with Gasteiger partial charge in [-0.05, 0) is 6.92 Å². The van der Waals surface area contributed by atoms with E-state index in [1.807, 2.05) is 11.6 Å². The maximum atomic E-state index is 8.85. The van der Waals surface area contributed by atoms with Gasteiger partial charge in [0.25, 0.3) is 0 Å². The molecule has 0 saturated carbocycles. The highest BCUT2D eigenvalue weighted by Gasteiger charge is 2.17. The third-order valence-corrected chi connectivity index (χ3v) is 2.52. The molecule has 0 amide bonds. The first kappa shape index (κ1) is 8.72. The molecule has 2 N–H and O–H groups in total. The van der Waals surface area contributed by atoms with Crippen LogP contribution in [0.5, 0.6) is 0 Å². The largest absolute Gasteiger partial charge is 0.394 e. The lowest BCUT2D eigenvalue weighted by Gasteiger charge is -2.14. The van der Waals surface area contributed by atoms with E-state index in [1.165, 1.54) is 11.3 Å². The van der Waals surface area contributed by atoms with Gasteiger partial charge in [0, 0.05) is 30.8 Å². The van der Waals surface area contributed by atoms with E-state index >= 15 is 0 Å². The van der Waals surface area contributed by atoms with Crippen LogP contribution in [-0.4, -0.2) is 28.0 Å². The molecule has 0 unspecified atom stereocenters. The number of hydrogen-bond donors (Lipinski definition) is 2. The molecule has 1 aromatic heterocycles. The second kappa shape index (κ2) is 3.47. The molecule has 1 aliphatic heterocycles. The summed E-state index contributed by atoms with van der Waals surface area (Å²) in [5.41, 5.74) is 3.71. The number of rotatable bonds is 2. The minimum Gasteiger partial charge on any atom is -0.394 e. The van der Waals surface area contributed by atoms with Crippen molar-refractivity contribution in [3.8, 4) is 0 Å². The molecular formula is C9H15N3O. The lowest BCUT2D eigenvalue weighted by atomic mass is 10.1. The van der Waals surface area contributed by atoms with E-state index in [0.717, 1.165) is 25.2 Å². The van der Waals surface area contributed by atoms with Crippen LogP contribution < -0.4 is 5.32 Å². The predicted octanol–water partition coefficient (Wildman–Crippen LogP) is -0.170. The Morgan fingerprint density at radius 2 is 2.46 bits per heavy atom. The van der Waals surface area contributed by atoms with Gasteiger partial charge in [-0.15, -0.1) is 0 Å². The summed E-state index contributed by atoms with van der Waals surface area (Å²) in [5, 5.41) is 16.6. The zero-order valence-corrected chi connectivity index (χ0v) is 7.88. The van der Waals surface area contributed by atoms with E-state index < -0.39 is 0 Å². The molecule has 4 nitrogen and oxygen atoms in total. The molecule has 1 aliphatic rings. The summed E-state index contributed by atoms with van der Waals surface area (Å²) in [5.74, 6) is 0. The minimum atomic E-state index is 0.168. The average Bonchev–Trinajstić information content (AvgIpc) is 2.46. The summed E-state index contributed by atoms with van der Waals surface area (Å²) in [4.78, 5) is 0. The number of fused-ring (bicyclic) bond motifs is 1. The van der Waals surface area contributed by atoms with Crippen molar-refractivity contribution < 1.29 is 5.11 Å². The molecule has 0 radical (unpaired) electrons. The zero-order chi connectivity index (χ0) is 9.26. The van der Waals surface area contributed by atoms with Gasteiger partial charge in [0.2, 0.25) is 0 Å². The fourth-order valence-electron chi connectivity index (χ4n) is 1.88. The van der Waals surface area contributed by atoms with Crippen molar-refractivity contribution in [3.63, 3.8) is 0 Å². The molecule has 0 atom stereocenters. The highest BCUT2D eigenvalue weighted by Crippen LogP contribution is 2.17. The van der Waals surface area contributed by atoms with Crippen LogP contribution in [0, 0.1) is 6.92 Å². The minimum absolute atomic E-state index is 0.168. The van der Waals surface area contributed by atoms with E-state index in [2.05, 4.69) is 10.4 Å². The second-order valence-corrected chi connectivity index (χ2v) is 3.38. The van der Waals surface area contributed by atoms with Crippen LogP contribution in [0.25, 0.3) is 0 Å². The lowest BCUT2D eigenvalue weighted by Crippen LogP contribution is -2.25. The molecular weight excluding hydrogens is 166 g/mol. The summed E-state index contributed by atoms with van der Waals surface area (Å²) in [6, 6.07) is 0. The van der Waals surface area contributed by atoms with Gasteiger partial charge in [0.05, 0.1) is 18.8 Å². The maximum absolute atomic E-state index is 8.85. The van der Waals surface area contributed by atoms with Gasteiger partial charge < -0.3 is 10.4 Å². The number of nitrogens with zero attached hydrogens (tertiary/aromatic N) is 2. The molecule has 72 valence electrons. The normalized spacial score (nSPS) is 15.8. The van der Waals surface area contributed by atoms with Crippen LogP contribution in [-0.2, 0) is 19.5 Å².